The molecule has 0 aromatic rings. The van der Waals surface area contributed by atoms with Gasteiger partial charge in [-0.15, -0.1) is 0 Å². The predicted molar refractivity (Wildman–Crippen MR) is 74.5 cm³/mol. The first-order valence-corrected chi connectivity index (χ1v) is 7.40. The molecule has 17 heavy (non-hydrogen) atoms. The summed E-state index contributed by atoms with van der Waals surface area (Å²) in [7, 11) is 0. The molecule has 0 saturated carbocycles. The van der Waals surface area contributed by atoms with Crippen molar-refractivity contribution in [1.29, 1.82) is 0 Å². The lowest BCUT2D eigenvalue weighted by Gasteiger charge is -2.52. The normalized spacial score (nSPS) is 24.6. The Balaban J connectivity index is 2.40. The summed E-state index contributed by atoms with van der Waals surface area (Å²) >= 11 is 0. The molecule has 2 aliphatic rings. The quantitative estimate of drug-likeness (QED) is 0.713. The molecule has 0 N–H and O–H groups in total. The van der Waals surface area contributed by atoms with Gasteiger partial charge in [-0.3, -0.25) is 4.99 Å². The highest BCUT2D eigenvalue weighted by Gasteiger charge is 2.44. The van der Waals surface area contributed by atoms with Gasteiger partial charge in [0.25, 0.3) is 0 Å². The molecule has 2 aliphatic heterocycles. The number of amidine groups is 1. The highest BCUT2D eigenvalue weighted by molar-refractivity contribution is 5.84. The molecule has 0 spiro atoms. The average Bonchev–Trinajstić information content (AvgIpc) is 2.48. The summed E-state index contributed by atoms with van der Waals surface area (Å²) in [6.07, 6.45) is 6.50. The van der Waals surface area contributed by atoms with E-state index in [9.17, 15) is 0 Å². The summed E-state index contributed by atoms with van der Waals surface area (Å²) < 4.78 is 0. The molecule has 0 unspecified atom stereocenters. The van der Waals surface area contributed by atoms with Crippen LogP contribution in [0.2, 0.25) is 0 Å². The molecule has 2 rings (SSSR count). The van der Waals surface area contributed by atoms with E-state index in [0.717, 1.165) is 6.54 Å². The van der Waals surface area contributed by atoms with Crippen molar-refractivity contribution in [3.8, 4) is 0 Å². The van der Waals surface area contributed by atoms with Crippen molar-refractivity contribution in [2.24, 2.45) is 16.8 Å². The second-order valence-electron chi connectivity index (χ2n) is 6.31. The molecule has 0 radical (unpaired) electrons. The van der Waals surface area contributed by atoms with E-state index in [4.69, 9.17) is 4.99 Å². The third kappa shape index (κ3) is 2.11. The topological polar surface area (TPSA) is 15.6 Å². The molecule has 2 heterocycles. The van der Waals surface area contributed by atoms with Gasteiger partial charge in [0, 0.05) is 25.0 Å². The van der Waals surface area contributed by atoms with Gasteiger partial charge in [0.05, 0.1) is 5.84 Å². The molecule has 0 amide bonds. The maximum Gasteiger partial charge on any atom is 0.0993 e. The van der Waals surface area contributed by atoms with Crippen LogP contribution in [0, 0.1) is 11.8 Å². The zero-order valence-corrected chi connectivity index (χ0v) is 12.0. The Morgan fingerprint density at radius 3 is 2.41 bits per heavy atom. The summed E-state index contributed by atoms with van der Waals surface area (Å²) in [6.45, 7) is 11.9. The van der Waals surface area contributed by atoms with Crippen LogP contribution in [-0.4, -0.2) is 29.4 Å². The van der Waals surface area contributed by atoms with Gasteiger partial charge < -0.3 is 4.90 Å². The zero-order chi connectivity index (χ0) is 12.5. The maximum absolute atomic E-state index is 4.81. The molecule has 0 aromatic heterocycles. The van der Waals surface area contributed by atoms with E-state index < -0.39 is 0 Å². The van der Waals surface area contributed by atoms with Gasteiger partial charge in [-0.1, -0.05) is 34.1 Å². The molecular formula is C15H28N2. The smallest absolute Gasteiger partial charge is 0.0993 e. The van der Waals surface area contributed by atoms with Gasteiger partial charge in [0.2, 0.25) is 0 Å². The first-order valence-electron chi connectivity index (χ1n) is 7.40. The van der Waals surface area contributed by atoms with Crippen LogP contribution in [0.4, 0.5) is 0 Å². The average molecular weight is 236 g/mol. The Kier molecular flexibility index (Phi) is 3.79. The Bertz CT molecular complexity index is 283. The molecule has 98 valence electrons. The van der Waals surface area contributed by atoms with E-state index in [2.05, 4.69) is 32.6 Å². The number of hydrogen-bond donors (Lipinski definition) is 0. The van der Waals surface area contributed by atoms with Crippen molar-refractivity contribution in [1.82, 2.24) is 4.90 Å². The minimum absolute atomic E-state index is 0.357. The highest BCUT2D eigenvalue weighted by atomic mass is 15.3. The van der Waals surface area contributed by atoms with Crippen molar-refractivity contribution >= 4 is 5.84 Å². The molecule has 2 heteroatoms. The first-order chi connectivity index (χ1) is 8.09. The number of rotatable bonds is 2. The first kappa shape index (κ1) is 12.9. The zero-order valence-electron chi connectivity index (χ0n) is 12.0. The minimum Gasteiger partial charge on any atom is -0.354 e. The van der Waals surface area contributed by atoms with E-state index in [0.29, 0.717) is 17.4 Å². The largest absolute Gasteiger partial charge is 0.354 e. The van der Waals surface area contributed by atoms with E-state index >= 15 is 0 Å². The standard InChI is InChI=1S/C15H28N2/c1-12(2)15(13(3)4)9-6-5-8-14-16-10-7-11-17(14)15/h12-13H,5-11H2,1-4H3. The van der Waals surface area contributed by atoms with Crippen molar-refractivity contribution in [3.63, 3.8) is 0 Å². The fourth-order valence-corrected chi connectivity index (χ4v) is 4.01. The van der Waals surface area contributed by atoms with E-state index in [1.165, 1.54) is 44.5 Å². The fourth-order valence-electron chi connectivity index (χ4n) is 4.01. The molecule has 0 atom stereocenters. The van der Waals surface area contributed by atoms with E-state index in [1.54, 1.807) is 0 Å². The molecule has 1 fully saturated rings. The van der Waals surface area contributed by atoms with E-state index in [-0.39, 0.29) is 0 Å². The van der Waals surface area contributed by atoms with Crippen LogP contribution in [0.5, 0.6) is 0 Å². The lowest BCUT2D eigenvalue weighted by atomic mass is 9.72. The molecule has 0 bridgehead atoms. The van der Waals surface area contributed by atoms with Crippen LogP contribution in [-0.2, 0) is 0 Å². The summed E-state index contributed by atoms with van der Waals surface area (Å²) in [6, 6.07) is 0. The van der Waals surface area contributed by atoms with Gasteiger partial charge in [-0.05, 0) is 31.1 Å². The summed E-state index contributed by atoms with van der Waals surface area (Å²) in [5, 5.41) is 0. The van der Waals surface area contributed by atoms with Gasteiger partial charge in [-0.25, -0.2) is 0 Å². The van der Waals surface area contributed by atoms with Crippen LogP contribution in [0.3, 0.4) is 0 Å². The second kappa shape index (κ2) is 4.99. The van der Waals surface area contributed by atoms with Gasteiger partial charge in [-0.2, -0.15) is 0 Å². The Labute approximate surface area is 106 Å². The van der Waals surface area contributed by atoms with Crippen LogP contribution in [0.25, 0.3) is 0 Å². The minimum atomic E-state index is 0.357. The molecule has 0 aliphatic carbocycles. The summed E-state index contributed by atoms with van der Waals surface area (Å²) in [5.41, 5.74) is 0.357. The fraction of sp³-hybridized carbons (Fsp3) is 0.933. The second-order valence-corrected chi connectivity index (χ2v) is 6.31. The summed E-state index contributed by atoms with van der Waals surface area (Å²) in [5.74, 6) is 2.84. The monoisotopic (exact) mass is 236 g/mol. The highest BCUT2D eigenvalue weighted by Crippen LogP contribution is 2.41. The van der Waals surface area contributed by atoms with Crippen molar-refractivity contribution in [3.05, 3.63) is 0 Å². The Hall–Kier alpha value is -0.530. The molecular weight excluding hydrogens is 208 g/mol. The number of fused-ring (bicyclic) bond motifs is 1. The van der Waals surface area contributed by atoms with Crippen LogP contribution in [0.15, 0.2) is 4.99 Å². The van der Waals surface area contributed by atoms with Gasteiger partial charge in [0.1, 0.15) is 0 Å². The predicted octanol–water partition coefficient (Wildman–Crippen LogP) is 3.72. The Morgan fingerprint density at radius 2 is 1.76 bits per heavy atom. The lowest BCUT2D eigenvalue weighted by Crippen LogP contribution is -2.59. The molecule has 2 nitrogen and oxygen atoms in total. The van der Waals surface area contributed by atoms with Crippen molar-refractivity contribution < 1.29 is 0 Å². The number of aliphatic imine (C=N–C) groups is 1. The third-order valence-corrected chi connectivity index (χ3v) is 4.88. The third-order valence-electron chi connectivity index (χ3n) is 4.88. The van der Waals surface area contributed by atoms with Gasteiger partial charge >= 0.3 is 0 Å². The maximum atomic E-state index is 4.81. The van der Waals surface area contributed by atoms with Crippen LogP contribution < -0.4 is 0 Å². The SMILES string of the molecule is CC(C)C1(C(C)C)CCCCC2=NCCCN21. The molecule has 1 saturated heterocycles. The number of nitrogens with zero attached hydrogens (tertiary/aromatic N) is 2. The lowest BCUT2D eigenvalue weighted by molar-refractivity contribution is 0.0486. The van der Waals surface area contributed by atoms with Crippen LogP contribution in [0.1, 0.15) is 59.8 Å². The van der Waals surface area contributed by atoms with Crippen molar-refractivity contribution in [2.45, 2.75) is 65.3 Å². The van der Waals surface area contributed by atoms with Crippen molar-refractivity contribution in [2.75, 3.05) is 13.1 Å². The van der Waals surface area contributed by atoms with Crippen LogP contribution >= 0.6 is 0 Å². The Morgan fingerprint density at radius 1 is 1.06 bits per heavy atom. The summed E-state index contributed by atoms with van der Waals surface area (Å²) in [4.78, 5) is 7.51. The number of hydrogen-bond acceptors (Lipinski definition) is 2. The van der Waals surface area contributed by atoms with E-state index in [1.807, 2.05) is 0 Å². The van der Waals surface area contributed by atoms with Gasteiger partial charge in [0.15, 0.2) is 0 Å². The molecule has 0 aromatic carbocycles.